The van der Waals surface area contributed by atoms with Crippen molar-refractivity contribution in [3.05, 3.63) is 64.7 Å². The van der Waals surface area contributed by atoms with Crippen LogP contribution in [0.5, 0.6) is 0 Å². The predicted molar refractivity (Wildman–Crippen MR) is 90.2 cm³/mol. The topological polar surface area (TPSA) is 38.0 Å². The summed E-state index contributed by atoms with van der Waals surface area (Å²) in [7, 11) is 0. The maximum atomic E-state index is 5.67. The molecule has 0 aliphatic rings. The van der Waals surface area contributed by atoms with Gasteiger partial charge in [-0.1, -0.05) is 43.4 Å². The lowest BCUT2D eigenvalue weighted by Crippen LogP contribution is -2.11. The predicted octanol–water partition coefficient (Wildman–Crippen LogP) is 3.80. The Morgan fingerprint density at radius 3 is 2.30 bits per heavy atom. The van der Waals surface area contributed by atoms with Gasteiger partial charge in [0.1, 0.15) is 4.99 Å². The van der Waals surface area contributed by atoms with Gasteiger partial charge >= 0.3 is 0 Å². The second-order valence-electron chi connectivity index (χ2n) is 4.92. The molecule has 3 N–H and O–H groups in total. The van der Waals surface area contributed by atoms with Gasteiger partial charge in [0, 0.05) is 17.8 Å². The normalized spacial score (nSPS) is 10.3. The lowest BCUT2D eigenvalue weighted by Gasteiger charge is -2.10. The van der Waals surface area contributed by atoms with E-state index in [1.54, 1.807) is 0 Å². The fourth-order valence-corrected chi connectivity index (χ4v) is 2.38. The number of rotatable bonds is 5. The molecule has 0 radical (unpaired) electrons. The van der Waals surface area contributed by atoms with Crippen molar-refractivity contribution in [1.29, 1.82) is 0 Å². The van der Waals surface area contributed by atoms with Gasteiger partial charge in [0.15, 0.2) is 0 Å². The monoisotopic (exact) mass is 284 g/mol. The van der Waals surface area contributed by atoms with Crippen LogP contribution in [0, 0.1) is 6.92 Å². The summed E-state index contributed by atoms with van der Waals surface area (Å²) in [6, 6.07) is 14.8. The van der Waals surface area contributed by atoms with Crippen LogP contribution < -0.4 is 11.1 Å². The first-order chi connectivity index (χ1) is 9.60. The molecule has 0 unspecified atom stereocenters. The standard InChI is InChI=1S/C17H20N2S/c1-3-13-4-6-14(7-5-13)11-19-15-8-9-16(17(18)20)12(2)10-15/h4-10,19H,3,11H2,1-2H3,(H2,18,20). The highest BCUT2D eigenvalue weighted by Gasteiger charge is 2.02. The van der Waals surface area contributed by atoms with Crippen molar-refractivity contribution in [3.63, 3.8) is 0 Å². The first kappa shape index (κ1) is 14.5. The van der Waals surface area contributed by atoms with Crippen LogP contribution >= 0.6 is 12.2 Å². The highest BCUT2D eigenvalue weighted by atomic mass is 32.1. The molecule has 2 aromatic carbocycles. The summed E-state index contributed by atoms with van der Waals surface area (Å²) in [6.07, 6.45) is 1.08. The summed E-state index contributed by atoms with van der Waals surface area (Å²) >= 11 is 5.02. The number of nitrogens with one attached hydrogen (secondary N) is 1. The molecule has 0 atom stereocenters. The van der Waals surface area contributed by atoms with E-state index in [2.05, 4.69) is 42.6 Å². The van der Waals surface area contributed by atoms with Gasteiger partial charge < -0.3 is 11.1 Å². The van der Waals surface area contributed by atoms with Gasteiger partial charge in [-0.15, -0.1) is 0 Å². The number of hydrogen-bond donors (Lipinski definition) is 2. The summed E-state index contributed by atoms with van der Waals surface area (Å²) in [5, 5.41) is 3.42. The lowest BCUT2D eigenvalue weighted by molar-refractivity contribution is 1.10. The van der Waals surface area contributed by atoms with Crippen LogP contribution in [0.3, 0.4) is 0 Å². The molecule has 0 aromatic heterocycles. The van der Waals surface area contributed by atoms with Crippen LogP contribution in [0.4, 0.5) is 5.69 Å². The first-order valence-electron chi connectivity index (χ1n) is 6.82. The minimum atomic E-state index is 0.448. The Morgan fingerprint density at radius 1 is 1.10 bits per heavy atom. The minimum absolute atomic E-state index is 0.448. The smallest absolute Gasteiger partial charge is 0.104 e. The molecular formula is C17H20N2S. The quantitative estimate of drug-likeness (QED) is 0.820. The summed E-state index contributed by atoms with van der Waals surface area (Å²) in [5.74, 6) is 0. The second kappa shape index (κ2) is 6.53. The molecule has 0 saturated heterocycles. The zero-order chi connectivity index (χ0) is 14.5. The first-order valence-corrected chi connectivity index (χ1v) is 7.23. The molecule has 2 nitrogen and oxygen atoms in total. The Balaban J connectivity index is 2.03. The minimum Gasteiger partial charge on any atom is -0.389 e. The van der Waals surface area contributed by atoms with Gasteiger partial charge in [-0.05, 0) is 48.2 Å². The summed E-state index contributed by atoms with van der Waals surface area (Å²) in [5.41, 5.74) is 11.4. The van der Waals surface area contributed by atoms with Gasteiger partial charge in [0.05, 0.1) is 0 Å². The van der Waals surface area contributed by atoms with Crippen molar-refractivity contribution >= 4 is 22.9 Å². The SMILES string of the molecule is CCc1ccc(CNc2ccc(C(N)=S)c(C)c2)cc1. The highest BCUT2D eigenvalue weighted by Crippen LogP contribution is 2.16. The molecule has 2 aromatic rings. The Bertz CT molecular complexity index is 603. The molecule has 0 bridgehead atoms. The van der Waals surface area contributed by atoms with E-state index >= 15 is 0 Å². The average Bonchev–Trinajstić information content (AvgIpc) is 2.45. The van der Waals surface area contributed by atoms with Crippen molar-refractivity contribution in [2.24, 2.45) is 5.73 Å². The zero-order valence-electron chi connectivity index (χ0n) is 11.9. The van der Waals surface area contributed by atoms with E-state index in [1.807, 2.05) is 19.1 Å². The van der Waals surface area contributed by atoms with Crippen molar-refractivity contribution in [2.75, 3.05) is 5.32 Å². The van der Waals surface area contributed by atoms with E-state index in [1.165, 1.54) is 11.1 Å². The third-order valence-corrected chi connectivity index (χ3v) is 3.64. The van der Waals surface area contributed by atoms with Crippen molar-refractivity contribution < 1.29 is 0 Å². The van der Waals surface area contributed by atoms with E-state index in [4.69, 9.17) is 18.0 Å². The molecule has 0 spiro atoms. The van der Waals surface area contributed by atoms with Crippen molar-refractivity contribution in [1.82, 2.24) is 0 Å². The van der Waals surface area contributed by atoms with Gasteiger partial charge in [-0.3, -0.25) is 0 Å². The zero-order valence-corrected chi connectivity index (χ0v) is 12.8. The Labute approximate surface area is 126 Å². The molecule has 104 valence electrons. The van der Waals surface area contributed by atoms with E-state index in [0.717, 1.165) is 29.8 Å². The number of anilines is 1. The highest BCUT2D eigenvalue weighted by molar-refractivity contribution is 7.80. The molecular weight excluding hydrogens is 264 g/mol. The van der Waals surface area contributed by atoms with Crippen LogP contribution in [0.25, 0.3) is 0 Å². The molecule has 0 saturated carbocycles. The maximum absolute atomic E-state index is 5.67. The van der Waals surface area contributed by atoms with Crippen LogP contribution in [0.2, 0.25) is 0 Å². The number of nitrogens with two attached hydrogens (primary N) is 1. The molecule has 20 heavy (non-hydrogen) atoms. The average molecular weight is 284 g/mol. The Kier molecular flexibility index (Phi) is 4.74. The summed E-state index contributed by atoms with van der Waals surface area (Å²) in [6.45, 7) is 5.00. The van der Waals surface area contributed by atoms with Crippen LogP contribution in [-0.4, -0.2) is 4.99 Å². The molecule has 2 rings (SSSR count). The Morgan fingerprint density at radius 2 is 1.75 bits per heavy atom. The number of aryl methyl sites for hydroxylation is 2. The molecule has 0 aliphatic carbocycles. The maximum Gasteiger partial charge on any atom is 0.104 e. The Hall–Kier alpha value is -1.87. The fraction of sp³-hybridized carbons (Fsp3) is 0.235. The van der Waals surface area contributed by atoms with E-state index < -0.39 is 0 Å². The third-order valence-electron chi connectivity index (χ3n) is 3.42. The van der Waals surface area contributed by atoms with Crippen LogP contribution in [0.1, 0.15) is 29.2 Å². The third kappa shape index (κ3) is 3.58. The van der Waals surface area contributed by atoms with E-state index in [0.29, 0.717) is 4.99 Å². The van der Waals surface area contributed by atoms with E-state index in [9.17, 15) is 0 Å². The lowest BCUT2D eigenvalue weighted by atomic mass is 10.1. The largest absolute Gasteiger partial charge is 0.389 e. The van der Waals surface area contributed by atoms with Gasteiger partial charge in [0.25, 0.3) is 0 Å². The van der Waals surface area contributed by atoms with E-state index in [-0.39, 0.29) is 0 Å². The van der Waals surface area contributed by atoms with Crippen LogP contribution in [-0.2, 0) is 13.0 Å². The fourth-order valence-electron chi connectivity index (χ4n) is 2.15. The van der Waals surface area contributed by atoms with Gasteiger partial charge in [0.2, 0.25) is 0 Å². The number of hydrogen-bond acceptors (Lipinski definition) is 2. The van der Waals surface area contributed by atoms with Crippen LogP contribution in [0.15, 0.2) is 42.5 Å². The molecule has 0 aliphatic heterocycles. The molecule has 0 fully saturated rings. The number of benzene rings is 2. The van der Waals surface area contributed by atoms with Crippen molar-refractivity contribution in [3.8, 4) is 0 Å². The van der Waals surface area contributed by atoms with Gasteiger partial charge in [-0.25, -0.2) is 0 Å². The summed E-state index contributed by atoms with van der Waals surface area (Å²) < 4.78 is 0. The molecule has 0 amide bonds. The second-order valence-corrected chi connectivity index (χ2v) is 5.36. The molecule has 0 heterocycles. The summed E-state index contributed by atoms with van der Waals surface area (Å²) in [4.78, 5) is 0.448. The number of thiocarbonyl (C=S) groups is 1. The van der Waals surface area contributed by atoms with Gasteiger partial charge in [-0.2, -0.15) is 0 Å². The van der Waals surface area contributed by atoms with Crippen molar-refractivity contribution in [2.45, 2.75) is 26.8 Å². The molecule has 3 heteroatoms.